The van der Waals surface area contributed by atoms with Crippen LogP contribution in [-0.2, 0) is 19.7 Å². The minimum absolute atomic E-state index is 0.0153. The van der Waals surface area contributed by atoms with Crippen molar-refractivity contribution in [3.05, 3.63) is 42.0 Å². The van der Waals surface area contributed by atoms with Gasteiger partial charge in [-0.05, 0) is 24.5 Å². The van der Waals surface area contributed by atoms with Crippen molar-refractivity contribution in [2.24, 2.45) is 5.92 Å². The molecule has 0 bridgehead atoms. The topological polar surface area (TPSA) is 46.6 Å². The summed E-state index contributed by atoms with van der Waals surface area (Å²) in [5.41, 5.74) is 0.821. The number of carbonyl (C=O) groups excluding carboxylic acids is 2. The fourth-order valence-electron chi connectivity index (χ4n) is 3.47. The van der Waals surface area contributed by atoms with Crippen LogP contribution in [0.2, 0.25) is 0 Å². The molecule has 1 aromatic carbocycles. The Labute approximate surface area is 118 Å². The average Bonchev–Trinajstić information content (AvgIpc) is 2.51. The summed E-state index contributed by atoms with van der Waals surface area (Å²) in [5.74, 6) is -0.709. The number of allylic oxidation sites excluding steroid dienone is 2. The third kappa shape index (κ3) is 1.48. The molecule has 0 unspecified atom stereocenters. The van der Waals surface area contributed by atoms with E-state index in [4.69, 9.17) is 4.74 Å². The van der Waals surface area contributed by atoms with Crippen molar-refractivity contribution in [1.29, 1.82) is 0 Å². The molecule has 3 rings (SSSR count). The summed E-state index contributed by atoms with van der Waals surface area (Å²) in [6, 6.07) is 7.60. The summed E-state index contributed by atoms with van der Waals surface area (Å²) in [6.45, 7) is 0. The van der Waals surface area contributed by atoms with Crippen LogP contribution >= 0.6 is 0 Å². The highest BCUT2D eigenvalue weighted by Gasteiger charge is 2.56. The van der Waals surface area contributed by atoms with E-state index in [0.717, 1.165) is 11.3 Å². The summed E-state index contributed by atoms with van der Waals surface area (Å²) in [6.07, 6.45) is 5.04. The van der Waals surface area contributed by atoms with Gasteiger partial charge in [-0.3, -0.25) is 9.59 Å². The van der Waals surface area contributed by atoms with Gasteiger partial charge in [0, 0.05) is 12.7 Å². The predicted molar refractivity (Wildman–Crippen MR) is 75.4 cm³/mol. The molecular formula is C16H17NO3. The maximum atomic E-state index is 12.6. The molecule has 20 heavy (non-hydrogen) atoms. The van der Waals surface area contributed by atoms with Gasteiger partial charge in [-0.2, -0.15) is 0 Å². The zero-order valence-corrected chi connectivity index (χ0v) is 11.6. The number of anilines is 1. The number of esters is 1. The molecular weight excluding hydrogens is 254 g/mol. The number of amides is 1. The van der Waals surface area contributed by atoms with Gasteiger partial charge in [0.1, 0.15) is 5.41 Å². The SMILES string of the molecule is COC(=O)[C@@]12CC=CC[C@@H]1C(=O)N(C)c1ccccc12. The summed E-state index contributed by atoms with van der Waals surface area (Å²) < 4.78 is 5.05. The molecule has 0 spiro atoms. The van der Waals surface area contributed by atoms with Crippen LogP contribution in [-0.4, -0.2) is 26.0 Å². The van der Waals surface area contributed by atoms with Crippen LogP contribution in [0.1, 0.15) is 18.4 Å². The number of carbonyl (C=O) groups is 2. The van der Waals surface area contributed by atoms with Gasteiger partial charge >= 0.3 is 5.97 Å². The number of benzene rings is 1. The normalized spacial score (nSPS) is 27.8. The molecule has 0 saturated carbocycles. The van der Waals surface area contributed by atoms with E-state index < -0.39 is 5.41 Å². The summed E-state index contributed by atoms with van der Waals surface area (Å²) in [5, 5.41) is 0. The maximum absolute atomic E-state index is 12.6. The highest BCUT2D eigenvalue weighted by atomic mass is 16.5. The Kier molecular flexibility index (Phi) is 2.89. The van der Waals surface area contributed by atoms with Gasteiger partial charge < -0.3 is 9.64 Å². The molecule has 2 aliphatic rings. The molecule has 1 heterocycles. The number of rotatable bonds is 1. The van der Waals surface area contributed by atoms with Crippen LogP contribution in [0.25, 0.3) is 0 Å². The van der Waals surface area contributed by atoms with Crippen molar-refractivity contribution in [3.8, 4) is 0 Å². The Morgan fingerprint density at radius 1 is 1.35 bits per heavy atom. The van der Waals surface area contributed by atoms with E-state index in [0.29, 0.717) is 12.8 Å². The Morgan fingerprint density at radius 2 is 2.10 bits per heavy atom. The lowest BCUT2D eigenvalue weighted by atomic mass is 9.61. The third-order valence-corrected chi connectivity index (χ3v) is 4.50. The van der Waals surface area contributed by atoms with E-state index in [1.165, 1.54) is 7.11 Å². The van der Waals surface area contributed by atoms with Crippen molar-refractivity contribution in [2.45, 2.75) is 18.3 Å². The molecule has 1 aliphatic carbocycles. The number of nitrogens with zero attached hydrogens (tertiary/aromatic N) is 1. The van der Waals surface area contributed by atoms with Crippen LogP contribution in [0.15, 0.2) is 36.4 Å². The van der Waals surface area contributed by atoms with Gasteiger partial charge in [-0.15, -0.1) is 0 Å². The molecule has 1 amide bonds. The summed E-state index contributed by atoms with van der Waals surface area (Å²) in [7, 11) is 3.15. The molecule has 0 aromatic heterocycles. The Balaban J connectivity index is 2.30. The zero-order valence-electron chi connectivity index (χ0n) is 11.6. The predicted octanol–water partition coefficient (Wildman–Crippen LogP) is 2.04. The van der Waals surface area contributed by atoms with E-state index in [1.807, 2.05) is 36.4 Å². The van der Waals surface area contributed by atoms with Crippen molar-refractivity contribution >= 4 is 17.6 Å². The van der Waals surface area contributed by atoms with Crippen molar-refractivity contribution in [2.75, 3.05) is 19.1 Å². The number of methoxy groups -OCH3 is 1. The first-order valence-corrected chi connectivity index (χ1v) is 6.73. The fraction of sp³-hybridized carbons (Fsp3) is 0.375. The Bertz CT molecular complexity index is 607. The molecule has 104 valence electrons. The molecule has 0 N–H and O–H groups in total. The van der Waals surface area contributed by atoms with Crippen molar-refractivity contribution < 1.29 is 14.3 Å². The molecule has 0 saturated heterocycles. The van der Waals surface area contributed by atoms with Gasteiger partial charge in [-0.25, -0.2) is 0 Å². The highest BCUT2D eigenvalue weighted by molar-refractivity contribution is 6.05. The Hall–Kier alpha value is -2.10. The smallest absolute Gasteiger partial charge is 0.317 e. The second-order valence-electron chi connectivity index (χ2n) is 5.34. The number of ether oxygens (including phenoxy) is 1. The Morgan fingerprint density at radius 3 is 2.85 bits per heavy atom. The van der Waals surface area contributed by atoms with Crippen LogP contribution in [0.5, 0.6) is 0 Å². The second-order valence-corrected chi connectivity index (χ2v) is 5.34. The number of hydrogen-bond acceptors (Lipinski definition) is 3. The standard InChI is InChI=1S/C16H17NO3/c1-17-13-9-4-3-7-11(13)16(15(19)20-2)10-6-5-8-12(16)14(17)18/h3-7,9,12H,8,10H2,1-2H3/t12-,16-/m1/s1. The number of para-hydroxylation sites is 1. The molecule has 4 nitrogen and oxygen atoms in total. The third-order valence-electron chi connectivity index (χ3n) is 4.50. The zero-order chi connectivity index (χ0) is 14.3. The minimum Gasteiger partial charge on any atom is -0.468 e. The molecule has 1 aromatic rings. The van der Waals surface area contributed by atoms with E-state index in [2.05, 4.69) is 0 Å². The van der Waals surface area contributed by atoms with Gasteiger partial charge in [0.2, 0.25) is 5.91 Å². The van der Waals surface area contributed by atoms with Gasteiger partial charge in [0.15, 0.2) is 0 Å². The molecule has 0 fully saturated rings. The van der Waals surface area contributed by atoms with Crippen LogP contribution < -0.4 is 4.90 Å². The summed E-state index contributed by atoms with van der Waals surface area (Å²) >= 11 is 0. The van der Waals surface area contributed by atoms with Crippen molar-refractivity contribution in [3.63, 3.8) is 0 Å². The van der Waals surface area contributed by atoms with E-state index in [-0.39, 0.29) is 17.8 Å². The first kappa shape index (κ1) is 12.9. The quantitative estimate of drug-likeness (QED) is 0.580. The molecule has 1 aliphatic heterocycles. The lowest BCUT2D eigenvalue weighted by molar-refractivity contribution is -0.153. The minimum atomic E-state index is -0.871. The van der Waals surface area contributed by atoms with Gasteiger partial charge in [0.05, 0.1) is 13.0 Å². The van der Waals surface area contributed by atoms with E-state index >= 15 is 0 Å². The second kappa shape index (κ2) is 4.47. The lowest BCUT2D eigenvalue weighted by Crippen LogP contribution is -2.55. The average molecular weight is 271 g/mol. The first-order valence-electron chi connectivity index (χ1n) is 6.73. The largest absolute Gasteiger partial charge is 0.468 e. The van der Waals surface area contributed by atoms with Crippen molar-refractivity contribution in [1.82, 2.24) is 0 Å². The van der Waals surface area contributed by atoms with Crippen LogP contribution in [0.4, 0.5) is 5.69 Å². The highest BCUT2D eigenvalue weighted by Crippen LogP contribution is 2.49. The first-order chi connectivity index (χ1) is 9.63. The lowest BCUT2D eigenvalue weighted by Gasteiger charge is -2.46. The maximum Gasteiger partial charge on any atom is 0.317 e. The number of fused-ring (bicyclic) bond motifs is 3. The van der Waals surface area contributed by atoms with E-state index in [9.17, 15) is 9.59 Å². The fourth-order valence-corrected chi connectivity index (χ4v) is 3.47. The summed E-state index contributed by atoms with van der Waals surface area (Å²) in [4.78, 5) is 26.8. The molecule has 0 radical (unpaired) electrons. The van der Waals surface area contributed by atoms with Gasteiger partial charge in [-0.1, -0.05) is 30.4 Å². The van der Waals surface area contributed by atoms with Crippen LogP contribution in [0.3, 0.4) is 0 Å². The molecule has 2 atom stereocenters. The molecule has 4 heteroatoms. The van der Waals surface area contributed by atoms with Crippen LogP contribution in [0, 0.1) is 5.92 Å². The number of hydrogen-bond donors (Lipinski definition) is 0. The van der Waals surface area contributed by atoms with E-state index in [1.54, 1.807) is 11.9 Å². The van der Waals surface area contributed by atoms with Gasteiger partial charge in [0.25, 0.3) is 0 Å². The monoisotopic (exact) mass is 271 g/mol.